The van der Waals surface area contributed by atoms with Crippen LogP contribution in [0.2, 0.25) is 0 Å². The van der Waals surface area contributed by atoms with Crippen molar-refractivity contribution >= 4 is 28.1 Å². The second kappa shape index (κ2) is 7.20. The predicted octanol–water partition coefficient (Wildman–Crippen LogP) is 2.61. The molecule has 1 amide bonds. The Morgan fingerprint density at radius 3 is 2.80 bits per heavy atom. The monoisotopic (exact) mass is 353 g/mol. The zero-order valence-corrected chi connectivity index (χ0v) is 14.0. The molecule has 3 aromatic rings. The van der Waals surface area contributed by atoms with Crippen molar-refractivity contribution in [2.75, 3.05) is 0 Å². The average Bonchev–Trinajstić information content (AvgIpc) is 3.13. The fourth-order valence-electron chi connectivity index (χ4n) is 2.65. The summed E-state index contributed by atoms with van der Waals surface area (Å²) < 4.78 is 1.36. The number of rotatable bonds is 5. The van der Waals surface area contributed by atoms with E-state index in [1.807, 2.05) is 23.6 Å². The van der Waals surface area contributed by atoms with Gasteiger partial charge in [0.2, 0.25) is 0 Å². The molecule has 7 heteroatoms. The zero-order chi connectivity index (χ0) is 17.8. The summed E-state index contributed by atoms with van der Waals surface area (Å²) >= 11 is 1.49. The van der Waals surface area contributed by atoms with Crippen LogP contribution in [0.3, 0.4) is 0 Å². The highest BCUT2D eigenvalue weighted by molar-refractivity contribution is 7.09. The van der Waals surface area contributed by atoms with Gasteiger partial charge in [0.15, 0.2) is 0 Å². The molecular weight excluding hydrogens is 338 g/mol. The van der Waals surface area contributed by atoms with E-state index in [-0.39, 0.29) is 30.8 Å². The number of nitrogens with zero attached hydrogens (tertiary/aromatic N) is 2. The van der Waals surface area contributed by atoms with E-state index < -0.39 is 11.5 Å². The lowest BCUT2D eigenvalue weighted by molar-refractivity contribution is 0.0946. The summed E-state index contributed by atoms with van der Waals surface area (Å²) in [5.74, 6) is -0.968. The number of hydrogen-bond acceptors (Lipinski definition) is 5. The summed E-state index contributed by atoms with van der Waals surface area (Å²) in [6.45, 7) is 0.432. The van der Waals surface area contributed by atoms with Gasteiger partial charge in [-0.15, -0.1) is 11.3 Å². The van der Waals surface area contributed by atoms with Crippen LogP contribution in [0.5, 0.6) is 5.75 Å². The maximum atomic E-state index is 12.7. The van der Waals surface area contributed by atoms with Crippen LogP contribution in [-0.4, -0.2) is 15.6 Å². The number of carbonyl (C=O) groups is 1. The molecule has 2 aromatic heterocycles. The number of para-hydroxylation sites is 1. The van der Waals surface area contributed by atoms with Gasteiger partial charge in [0.25, 0.3) is 11.5 Å². The van der Waals surface area contributed by atoms with Gasteiger partial charge in [0.05, 0.1) is 24.6 Å². The quantitative estimate of drug-likeness (QED) is 0.737. The third kappa shape index (κ3) is 3.25. The normalized spacial score (nSPS) is 10.5. The predicted molar refractivity (Wildman–Crippen MR) is 95.6 cm³/mol. The first-order valence-corrected chi connectivity index (χ1v) is 8.53. The number of aromatic hydroxyl groups is 1. The van der Waals surface area contributed by atoms with Gasteiger partial charge in [-0.2, -0.15) is 5.26 Å². The molecular formula is C18H15N3O3S. The molecule has 2 heterocycles. The lowest BCUT2D eigenvalue weighted by Crippen LogP contribution is -2.33. The fourth-order valence-corrected chi connectivity index (χ4v) is 3.29. The Morgan fingerprint density at radius 1 is 1.28 bits per heavy atom. The minimum absolute atomic E-state index is 0.130. The number of pyridine rings is 1. The van der Waals surface area contributed by atoms with Crippen molar-refractivity contribution in [3.05, 3.63) is 62.6 Å². The molecule has 0 aliphatic carbocycles. The van der Waals surface area contributed by atoms with E-state index in [9.17, 15) is 14.7 Å². The van der Waals surface area contributed by atoms with Gasteiger partial charge in [-0.3, -0.25) is 9.59 Å². The zero-order valence-electron chi connectivity index (χ0n) is 13.2. The van der Waals surface area contributed by atoms with E-state index >= 15 is 0 Å². The Kier molecular flexibility index (Phi) is 4.82. The van der Waals surface area contributed by atoms with Gasteiger partial charge in [-0.25, -0.2) is 0 Å². The molecule has 0 atom stereocenters. The summed E-state index contributed by atoms with van der Waals surface area (Å²) in [4.78, 5) is 26.2. The molecule has 0 unspecified atom stereocenters. The first-order valence-electron chi connectivity index (χ1n) is 7.65. The SMILES string of the molecule is N#CCCn1c(=O)c(C(=O)NCc2cccs2)c(O)c2ccccc21. The number of nitrogens with one attached hydrogen (secondary N) is 1. The third-order valence-electron chi connectivity index (χ3n) is 3.82. The third-order valence-corrected chi connectivity index (χ3v) is 4.70. The molecule has 1 aromatic carbocycles. The van der Waals surface area contributed by atoms with E-state index in [0.717, 1.165) is 4.88 Å². The lowest BCUT2D eigenvalue weighted by atomic mass is 10.1. The van der Waals surface area contributed by atoms with E-state index in [1.54, 1.807) is 24.3 Å². The maximum absolute atomic E-state index is 12.7. The molecule has 0 aliphatic heterocycles. The molecule has 0 spiro atoms. The van der Waals surface area contributed by atoms with Crippen molar-refractivity contribution in [2.24, 2.45) is 0 Å². The summed E-state index contributed by atoms with van der Waals surface area (Å²) in [6, 6.07) is 12.5. The van der Waals surface area contributed by atoms with Crippen LogP contribution in [0.4, 0.5) is 0 Å². The van der Waals surface area contributed by atoms with Crippen LogP contribution < -0.4 is 10.9 Å². The van der Waals surface area contributed by atoms with Crippen molar-refractivity contribution in [1.29, 1.82) is 5.26 Å². The van der Waals surface area contributed by atoms with Gasteiger partial charge in [0.1, 0.15) is 11.3 Å². The maximum Gasteiger partial charge on any atom is 0.267 e. The molecule has 0 aliphatic rings. The molecule has 0 fully saturated rings. The van der Waals surface area contributed by atoms with Crippen LogP contribution in [0.1, 0.15) is 21.7 Å². The van der Waals surface area contributed by atoms with Gasteiger partial charge in [-0.05, 0) is 23.6 Å². The van der Waals surface area contributed by atoms with Crippen LogP contribution in [0.15, 0.2) is 46.6 Å². The van der Waals surface area contributed by atoms with Crippen molar-refractivity contribution in [3.63, 3.8) is 0 Å². The lowest BCUT2D eigenvalue weighted by Gasteiger charge is -2.14. The molecule has 0 saturated carbocycles. The molecule has 2 N–H and O–H groups in total. The molecule has 126 valence electrons. The summed E-state index contributed by atoms with van der Waals surface area (Å²) in [6.07, 6.45) is 0.130. The van der Waals surface area contributed by atoms with Crippen LogP contribution in [0, 0.1) is 11.3 Å². The number of aryl methyl sites for hydroxylation is 1. The van der Waals surface area contributed by atoms with Crippen LogP contribution in [0.25, 0.3) is 10.9 Å². The highest BCUT2D eigenvalue weighted by Crippen LogP contribution is 2.26. The van der Waals surface area contributed by atoms with Gasteiger partial charge >= 0.3 is 0 Å². The highest BCUT2D eigenvalue weighted by Gasteiger charge is 2.21. The van der Waals surface area contributed by atoms with E-state index in [2.05, 4.69) is 5.32 Å². The first kappa shape index (κ1) is 16.7. The Balaban J connectivity index is 2.06. The number of fused-ring (bicyclic) bond motifs is 1. The number of aromatic nitrogens is 1. The minimum atomic E-state index is -0.632. The topological polar surface area (TPSA) is 95.1 Å². The number of benzene rings is 1. The van der Waals surface area contributed by atoms with E-state index in [0.29, 0.717) is 10.9 Å². The number of nitriles is 1. The first-order chi connectivity index (χ1) is 12.1. The smallest absolute Gasteiger partial charge is 0.267 e. The van der Waals surface area contributed by atoms with E-state index in [4.69, 9.17) is 5.26 Å². The molecule has 0 bridgehead atoms. The Labute approximate surface area is 147 Å². The Morgan fingerprint density at radius 2 is 2.08 bits per heavy atom. The van der Waals surface area contributed by atoms with E-state index in [1.165, 1.54) is 15.9 Å². The summed E-state index contributed by atoms with van der Waals surface area (Å²) in [7, 11) is 0. The highest BCUT2D eigenvalue weighted by atomic mass is 32.1. The average molecular weight is 353 g/mol. The fraction of sp³-hybridized carbons (Fsp3) is 0.167. The molecule has 0 radical (unpaired) electrons. The molecule has 0 saturated heterocycles. The standard InChI is InChI=1S/C18H15N3O3S/c19-8-4-9-21-14-7-2-1-6-13(14)16(22)15(18(21)24)17(23)20-11-12-5-3-10-25-12/h1-3,5-7,10,22H,4,9,11H2,(H,20,23). The number of carbonyl (C=O) groups excluding carboxylic acids is 1. The second-order valence-corrected chi connectivity index (χ2v) is 6.40. The molecule has 25 heavy (non-hydrogen) atoms. The van der Waals surface area contributed by atoms with Gasteiger partial charge in [-0.1, -0.05) is 18.2 Å². The second-order valence-electron chi connectivity index (χ2n) is 5.37. The number of amides is 1. The largest absolute Gasteiger partial charge is 0.506 e. The van der Waals surface area contributed by atoms with Crippen LogP contribution >= 0.6 is 11.3 Å². The number of hydrogen-bond donors (Lipinski definition) is 2. The summed E-state index contributed by atoms with van der Waals surface area (Å²) in [5, 5.41) is 24.3. The summed E-state index contributed by atoms with van der Waals surface area (Å²) in [5.41, 5.74) is -0.404. The van der Waals surface area contributed by atoms with Gasteiger partial charge in [0, 0.05) is 16.8 Å². The Bertz CT molecular complexity index is 1020. The van der Waals surface area contributed by atoms with Gasteiger partial charge < -0.3 is 15.0 Å². The minimum Gasteiger partial charge on any atom is -0.506 e. The molecule has 6 nitrogen and oxygen atoms in total. The molecule has 3 rings (SSSR count). The number of thiophene rings is 1. The van der Waals surface area contributed by atoms with Crippen molar-refractivity contribution in [1.82, 2.24) is 9.88 Å². The van der Waals surface area contributed by atoms with Crippen molar-refractivity contribution in [2.45, 2.75) is 19.5 Å². The Hall–Kier alpha value is -3.11. The van der Waals surface area contributed by atoms with Crippen LogP contribution in [-0.2, 0) is 13.1 Å². The van der Waals surface area contributed by atoms with Crippen molar-refractivity contribution < 1.29 is 9.90 Å². The van der Waals surface area contributed by atoms with Crippen molar-refractivity contribution in [3.8, 4) is 11.8 Å².